The smallest absolute Gasteiger partial charge is 0.132 e. The van der Waals surface area contributed by atoms with Crippen molar-refractivity contribution < 1.29 is 0 Å². The molecule has 0 amide bonds. The summed E-state index contributed by atoms with van der Waals surface area (Å²) in [7, 11) is 0. The summed E-state index contributed by atoms with van der Waals surface area (Å²) in [5, 5.41) is 4.07. The quantitative estimate of drug-likeness (QED) is 0.621. The van der Waals surface area contributed by atoms with Crippen LogP contribution in [0.3, 0.4) is 0 Å². The van der Waals surface area contributed by atoms with Gasteiger partial charge in [0, 0.05) is 5.38 Å². The van der Waals surface area contributed by atoms with Crippen LogP contribution in [0.1, 0.15) is 23.7 Å². The molecule has 0 aliphatic heterocycles. The Labute approximate surface area is 115 Å². The van der Waals surface area contributed by atoms with Crippen LogP contribution in [-0.4, -0.2) is 9.55 Å². The monoisotopic (exact) mass is 276 g/mol. The largest absolute Gasteiger partial charge is 0.294 e. The van der Waals surface area contributed by atoms with Gasteiger partial charge in [0.25, 0.3) is 0 Å². The first kappa shape index (κ1) is 11.8. The molecule has 2 nitrogen and oxygen atoms in total. The summed E-state index contributed by atoms with van der Waals surface area (Å²) in [6, 6.07) is 8.33. The molecule has 2 heterocycles. The molecule has 4 heteroatoms. The summed E-state index contributed by atoms with van der Waals surface area (Å²) in [4.78, 5) is 4.70. The number of imidazole rings is 1. The molecule has 1 atom stereocenters. The number of nitrogens with zero attached hydrogens (tertiary/aromatic N) is 2. The fourth-order valence-corrected chi connectivity index (χ4v) is 2.95. The third kappa shape index (κ3) is 1.74. The SMILES string of the molecule is Cc1cccc2c1nc(C(C)Cl)n2-c1ccsc1. The normalized spacial score (nSPS) is 13.1. The van der Waals surface area contributed by atoms with E-state index >= 15 is 0 Å². The first-order chi connectivity index (χ1) is 8.68. The van der Waals surface area contributed by atoms with Crippen LogP contribution in [0.2, 0.25) is 0 Å². The average Bonchev–Trinajstić information content (AvgIpc) is 2.94. The Morgan fingerprint density at radius 3 is 2.83 bits per heavy atom. The summed E-state index contributed by atoms with van der Waals surface area (Å²) >= 11 is 7.95. The average molecular weight is 277 g/mol. The minimum atomic E-state index is -0.114. The Hall–Kier alpha value is -1.32. The summed E-state index contributed by atoms with van der Waals surface area (Å²) in [5.41, 5.74) is 4.47. The van der Waals surface area contributed by atoms with Crippen molar-refractivity contribution in [2.24, 2.45) is 0 Å². The van der Waals surface area contributed by atoms with Crippen molar-refractivity contribution in [1.29, 1.82) is 0 Å². The van der Waals surface area contributed by atoms with E-state index in [0.717, 1.165) is 22.5 Å². The van der Waals surface area contributed by atoms with Gasteiger partial charge in [-0.25, -0.2) is 4.98 Å². The van der Waals surface area contributed by atoms with Gasteiger partial charge in [0.1, 0.15) is 5.82 Å². The molecule has 0 aliphatic carbocycles. The van der Waals surface area contributed by atoms with Crippen molar-refractivity contribution in [2.75, 3.05) is 0 Å². The van der Waals surface area contributed by atoms with Gasteiger partial charge in [-0.2, -0.15) is 11.3 Å². The van der Waals surface area contributed by atoms with Gasteiger partial charge >= 0.3 is 0 Å². The summed E-state index contributed by atoms with van der Waals surface area (Å²) in [5.74, 6) is 0.902. The van der Waals surface area contributed by atoms with E-state index in [0.29, 0.717) is 0 Å². The highest BCUT2D eigenvalue weighted by molar-refractivity contribution is 7.08. The van der Waals surface area contributed by atoms with Crippen molar-refractivity contribution in [1.82, 2.24) is 9.55 Å². The number of fused-ring (bicyclic) bond motifs is 1. The second-order valence-corrected chi connectivity index (χ2v) is 5.78. The van der Waals surface area contributed by atoms with Gasteiger partial charge in [0.05, 0.1) is 22.1 Å². The molecule has 92 valence electrons. The lowest BCUT2D eigenvalue weighted by atomic mass is 10.2. The number of thiophene rings is 1. The van der Waals surface area contributed by atoms with E-state index in [4.69, 9.17) is 16.6 Å². The Kier molecular flexibility index (Phi) is 2.88. The van der Waals surface area contributed by atoms with Gasteiger partial charge in [-0.3, -0.25) is 4.57 Å². The van der Waals surface area contributed by atoms with Gasteiger partial charge in [-0.1, -0.05) is 12.1 Å². The van der Waals surface area contributed by atoms with Crippen molar-refractivity contribution in [3.05, 3.63) is 46.4 Å². The van der Waals surface area contributed by atoms with Crippen molar-refractivity contribution in [2.45, 2.75) is 19.2 Å². The van der Waals surface area contributed by atoms with Crippen molar-refractivity contribution in [3.8, 4) is 5.69 Å². The Morgan fingerprint density at radius 1 is 1.33 bits per heavy atom. The highest BCUT2D eigenvalue weighted by Crippen LogP contribution is 2.30. The van der Waals surface area contributed by atoms with Crippen LogP contribution in [0.25, 0.3) is 16.7 Å². The molecule has 0 saturated heterocycles. The number of aryl methyl sites for hydroxylation is 1. The molecule has 0 N–H and O–H groups in total. The molecule has 0 fully saturated rings. The van der Waals surface area contributed by atoms with E-state index in [-0.39, 0.29) is 5.38 Å². The number of alkyl halides is 1. The number of halogens is 1. The number of rotatable bonds is 2. The lowest BCUT2D eigenvalue weighted by Gasteiger charge is -2.08. The lowest BCUT2D eigenvalue weighted by Crippen LogP contribution is -2.00. The third-order valence-corrected chi connectivity index (χ3v) is 3.90. The Morgan fingerprint density at radius 2 is 2.17 bits per heavy atom. The molecular weight excluding hydrogens is 264 g/mol. The molecule has 2 aromatic heterocycles. The Bertz CT molecular complexity index is 683. The van der Waals surface area contributed by atoms with E-state index in [1.807, 2.05) is 6.92 Å². The fourth-order valence-electron chi connectivity index (χ4n) is 2.18. The maximum atomic E-state index is 6.27. The number of hydrogen-bond donors (Lipinski definition) is 0. The fraction of sp³-hybridized carbons (Fsp3) is 0.214. The summed E-state index contributed by atoms with van der Waals surface area (Å²) in [6.45, 7) is 4.04. The van der Waals surface area contributed by atoms with Gasteiger partial charge < -0.3 is 0 Å². The van der Waals surface area contributed by atoms with Crippen LogP contribution in [0, 0.1) is 6.92 Å². The van der Waals surface area contributed by atoms with E-state index < -0.39 is 0 Å². The molecule has 1 aromatic carbocycles. The number of hydrogen-bond acceptors (Lipinski definition) is 2. The number of benzene rings is 1. The molecule has 3 rings (SSSR count). The van der Waals surface area contributed by atoms with E-state index in [2.05, 4.69) is 46.5 Å². The van der Waals surface area contributed by atoms with Crippen molar-refractivity contribution in [3.63, 3.8) is 0 Å². The standard InChI is InChI=1S/C14H13ClN2S/c1-9-4-3-5-12-13(9)16-14(10(2)15)17(12)11-6-7-18-8-11/h3-8,10H,1-2H3. The van der Waals surface area contributed by atoms with Crippen LogP contribution in [0.5, 0.6) is 0 Å². The zero-order chi connectivity index (χ0) is 12.7. The number of para-hydroxylation sites is 1. The maximum Gasteiger partial charge on any atom is 0.132 e. The molecule has 3 aromatic rings. The Balaban J connectivity index is 2.40. The predicted octanol–water partition coefficient (Wildman–Crippen LogP) is 4.70. The molecule has 1 unspecified atom stereocenters. The van der Waals surface area contributed by atoms with E-state index in [1.165, 1.54) is 5.56 Å². The molecular formula is C14H13ClN2S. The zero-order valence-electron chi connectivity index (χ0n) is 10.2. The third-order valence-electron chi connectivity index (χ3n) is 3.03. The maximum absolute atomic E-state index is 6.27. The van der Waals surface area contributed by atoms with Crippen LogP contribution in [0.4, 0.5) is 0 Å². The molecule has 18 heavy (non-hydrogen) atoms. The van der Waals surface area contributed by atoms with Crippen LogP contribution in [-0.2, 0) is 0 Å². The highest BCUT2D eigenvalue weighted by Gasteiger charge is 2.17. The van der Waals surface area contributed by atoms with Crippen LogP contribution < -0.4 is 0 Å². The van der Waals surface area contributed by atoms with Gasteiger partial charge in [-0.05, 0) is 36.9 Å². The molecule has 0 radical (unpaired) electrons. The minimum Gasteiger partial charge on any atom is -0.294 e. The molecule has 0 spiro atoms. The molecule has 0 aliphatic rings. The minimum absolute atomic E-state index is 0.114. The first-order valence-electron chi connectivity index (χ1n) is 5.83. The first-order valence-corrected chi connectivity index (χ1v) is 7.21. The van der Waals surface area contributed by atoms with E-state index in [9.17, 15) is 0 Å². The van der Waals surface area contributed by atoms with Gasteiger partial charge in [0.15, 0.2) is 0 Å². The topological polar surface area (TPSA) is 17.8 Å². The molecule has 0 bridgehead atoms. The summed E-state index contributed by atoms with van der Waals surface area (Å²) in [6.07, 6.45) is 0. The second-order valence-electron chi connectivity index (χ2n) is 4.35. The van der Waals surface area contributed by atoms with Crippen LogP contribution in [0.15, 0.2) is 35.0 Å². The van der Waals surface area contributed by atoms with Crippen LogP contribution >= 0.6 is 22.9 Å². The molecule has 0 saturated carbocycles. The number of aromatic nitrogens is 2. The van der Waals surface area contributed by atoms with E-state index in [1.54, 1.807) is 11.3 Å². The zero-order valence-corrected chi connectivity index (χ0v) is 11.8. The lowest BCUT2D eigenvalue weighted by molar-refractivity contribution is 0.884. The van der Waals surface area contributed by atoms with Gasteiger partial charge in [0.2, 0.25) is 0 Å². The van der Waals surface area contributed by atoms with Gasteiger partial charge in [-0.15, -0.1) is 11.6 Å². The highest BCUT2D eigenvalue weighted by atomic mass is 35.5. The van der Waals surface area contributed by atoms with Crippen molar-refractivity contribution >= 4 is 34.0 Å². The summed E-state index contributed by atoms with van der Waals surface area (Å²) < 4.78 is 2.15. The predicted molar refractivity (Wildman–Crippen MR) is 78.0 cm³/mol. The second kappa shape index (κ2) is 4.41.